The number of aromatic hydroxyl groups is 8. The lowest BCUT2D eigenvalue weighted by molar-refractivity contribution is -0.149. The third-order valence-corrected chi connectivity index (χ3v) is 14.4. The number of fused-ring (bicyclic) bond motifs is 4. The molecule has 0 spiro atoms. The topological polar surface area (TPSA) is 330 Å². The van der Waals surface area contributed by atoms with Crippen molar-refractivity contribution in [1.82, 2.24) is 0 Å². The van der Waals surface area contributed by atoms with E-state index in [9.17, 15) is 60.0 Å². The van der Waals surface area contributed by atoms with Crippen molar-refractivity contribution in [2.75, 3.05) is 27.4 Å². The summed E-state index contributed by atoms with van der Waals surface area (Å²) in [5.41, 5.74) is -0.742. The summed E-state index contributed by atoms with van der Waals surface area (Å²) in [6, 6.07) is 22.4. The van der Waals surface area contributed by atoms with E-state index in [1.54, 1.807) is 24.3 Å². The summed E-state index contributed by atoms with van der Waals surface area (Å²) < 4.78 is 59.2. The molecule has 0 amide bonds. The smallest absolute Gasteiger partial charge is 0.305 e. The third kappa shape index (κ3) is 12.1. The summed E-state index contributed by atoms with van der Waals surface area (Å²) in [7, 11) is 2.78. The number of carbonyl (C=O) groups excluding carboxylic acids is 2. The van der Waals surface area contributed by atoms with Crippen LogP contribution in [0.15, 0.2) is 115 Å². The van der Waals surface area contributed by atoms with E-state index in [4.69, 9.17) is 46.7 Å². The molecule has 2 aromatic heterocycles. The molecular formula is C62H58O22. The standard InChI is InChI=1S/C62H58O22/c1-75-43-21-31(13-17-37(43)65)59-49(79-41-19-15-33(23-45(41)81-59)61-57(73)55(71)53-39(67)25-35(63)27-47(53)83-61)29-77-51(69)11-9-7-5-3-4-6-8-10-12-52(70)78-30-50-60(32-14-18-38(66)44(22-32)76-2)82-46-24-34(16-20-42(46)80-50)62-58(74)56(72)54-40(68)26-36(64)28-48(54)84-62/h13-28,49-50,59-60,63-68,73-74H,3-12,29-30H2,1-2H3. The first-order chi connectivity index (χ1) is 40.5. The molecule has 0 saturated carbocycles. The Kier molecular flexibility index (Phi) is 16.7. The Bertz CT molecular complexity index is 3670. The van der Waals surface area contributed by atoms with Crippen molar-refractivity contribution in [3.63, 3.8) is 0 Å². The number of benzene rings is 6. The van der Waals surface area contributed by atoms with Crippen molar-refractivity contribution in [3.8, 4) is 103 Å². The van der Waals surface area contributed by atoms with Crippen LogP contribution in [0.5, 0.6) is 80.5 Å². The molecule has 4 heterocycles. The van der Waals surface area contributed by atoms with Crippen LogP contribution in [-0.2, 0) is 19.1 Å². The van der Waals surface area contributed by atoms with Crippen molar-refractivity contribution in [3.05, 3.63) is 129 Å². The van der Waals surface area contributed by atoms with E-state index in [2.05, 4.69) is 0 Å². The first-order valence-electron chi connectivity index (χ1n) is 26.9. The van der Waals surface area contributed by atoms with Crippen molar-refractivity contribution in [1.29, 1.82) is 0 Å². The summed E-state index contributed by atoms with van der Waals surface area (Å²) in [4.78, 5) is 52.2. The molecule has 10 rings (SSSR count). The van der Waals surface area contributed by atoms with Gasteiger partial charge in [0.05, 0.1) is 14.2 Å². The number of ether oxygens (including phenoxy) is 8. The van der Waals surface area contributed by atoms with E-state index < -0.39 is 70.2 Å². The molecule has 0 saturated heterocycles. The van der Waals surface area contributed by atoms with Gasteiger partial charge in [-0.05, 0) is 73.5 Å². The summed E-state index contributed by atoms with van der Waals surface area (Å²) in [5, 5.41) is 82.3. The highest BCUT2D eigenvalue weighted by atomic mass is 16.6. The van der Waals surface area contributed by atoms with E-state index in [1.807, 2.05) is 0 Å². The molecule has 22 heteroatoms. The number of phenolic OH excluding ortho intramolecular Hbond substituents is 6. The van der Waals surface area contributed by atoms with Gasteiger partial charge in [0.25, 0.3) is 0 Å². The summed E-state index contributed by atoms with van der Waals surface area (Å²) in [6.45, 7) is -0.395. The maximum absolute atomic E-state index is 13.1. The maximum atomic E-state index is 13.1. The van der Waals surface area contributed by atoms with Crippen LogP contribution in [0.1, 0.15) is 87.5 Å². The molecule has 0 aliphatic carbocycles. The third-order valence-electron chi connectivity index (χ3n) is 14.4. The van der Waals surface area contributed by atoms with Crippen LogP contribution in [-0.4, -0.2) is 92.4 Å². The van der Waals surface area contributed by atoms with Gasteiger partial charge in [-0.25, -0.2) is 0 Å². The Labute approximate surface area is 477 Å². The second-order valence-corrected chi connectivity index (χ2v) is 20.2. The van der Waals surface area contributed by atoms with Gasteiger partial charge in [0.2, 0.25) is 22.4 Å². The van der Waals surface area contributed by atoms with Crippen molar-refractivity contribution < 1.29 is 97.2 Å². The summed E-state index contributed by atoms with van der Waals surface area (Å²) in [5.74, 6) is -3.86. The zero-order chi connectivity index (χ0) is 59.3. The van der Waals surface area contributed by atoms with Gasteiger partial charge < -0.3 is 87.6 Å². The molecule has 0 radical (unpaired) electrons. The van der Waals surface area contributed by atoms with Gasteiger partial charge in [0.1, 0.15) is 58.2 Å². The molecular weight excluding hydrogens is 1100 g/mol. The second kappa shape index (κ2) is 24.5. The molecule has 6 aromatic carbocycles. The van der Waals surface area contributed by atoms with Crippen LogP contribution in [0.3, 0.4) is 0 Å². The minimum atomic E-state index is -0.919. The van der Waals surface area contributed by atoms with Crippen LogP contribution in [0.2, 0.25) is 0 Å². The van der Waals surface area contributed by atoms with E-state index in [0.717, 1.165) is 62.8 Å². The van der Waals surface area contributed by atoms with E-state index in [1.165, 1.54) is 62.8 Å². The van der Waals surface area contributed by atoms with Crippen LogP contribution < -0.4 is 39.3 Å². The van der Waals surface area contributed by atoms with Gasteiger partial charge in [0.15, 0.2) is 81.9 Å². The second-order valence-electron chi connectivity index (χ2n) is 20.2. The lowest BCUT2D eigenvalue weighted by atomic mass is 10.0. The van der Waals surface area contributed by atoms with Gasteiger partial charge in [-0.3, -0.25) is 19.2 Å². The summed E-state index contributed by atoms with van der Waals surface area (Å²) in [6.07, 6.45) is 3.14. The molecule has 2 aliphatic rings. The Balaban J connectivity index is 0.674. The lowest BCUT2D eigenvalue weighted by Crippen LogP contribution is -2.37. The molecule has 4 atom stereocenters. The fourth-order valence-electron chi connectivity index (χ4n) is 10.1. The molecule has 4 unspecified atom stereocenters. The number of esters is 2. The lowest BCUT2D eigenvalue weighted by Gasteiger charge is -2.34. The highest BCUT2D eigenvalue weighted by Crippen LogP contribution is 2.47. The minimum Gasteiger partial charge on any atom is -0.508 e. The Hall–Kier alpha value is -10.1. The molecule has 84 heavy (non-hydrogen) atoms. The Morgan fingerprint density at radius 2 is 0.833 bits per heavy atom. The van der Waals surface area contributed by atoms with Gasteiger partial charge in [-0.2, -0.15) is 0 Å². The zero-order valence-electron chi connectivity index (χ0n) is 45.3. The van der Waals surface area contributed by atoms with Gasteiger partial charge in [-0.1, -0.05) is 50.7 Å². The monoisotopic (exact) mass is 1150 g/mol. The average Bonchev–Trinajstić information content (AvgIpc) is 1.26. The predicted molar refractivity (Wildman–Crippen MR) is 299 cm³/mol. The molecule has 8 aromatic rings. The quantitative estimate of drug-likeness (QED) is 0.0245. The molecule has 0 fully saturated rings. The number of phenols is 6. The fraction of sp³-hybridized carbons (Fsp3) is 0.290. The van der Waals surface area contributed by atoms with Crippen molar-refractivity contribution in [2.24, 2.45) is 0 Å². The van der Waals surface area contributed by atoms with Crippen molar-refractivity contribution >= 4 is 33.9 Å². The molecule has 2 aliphatic heterocycles. The van der Waals surface area contributed by atoms with Crippen LogP contribution >= 0.6 is 0 Å². The summed E-state index contributed by atoms with van der Waals surface area (Å²) >= 11 is 0. The number of rotatable bonds is 21. The SMILES string of the molecule is COc1cc(C2Oc3cc(-c4oc5cc(O)cc(O)c5c(=O)c4O)ccc3OC2COC(=O)CCCCCCCCCCC(=O)OCC2Oc3ccc(-c4oc5cc(O)cc(O)c5c(=O)c4O)cc3OC2c2ccc(O)c(OC)c2)ccc1O. The Morgan fingerprint density at radius 3 is 1.23 bits per heavy atom. The van der Waals surface area contributed by atoms with E-state index in [0.29, 0.717) is 24.0 Å². The number of hydrogen-bond donors (Lipinski definition) is 8. The van der Waals surface area contributed by atoms with Crippen LogP contribution in [0.25, 0.3) is 44.6 Å². The number of hydrogen-bond acceptors (Lipinski definition) is 22. The first-order valence-corrected chi connectivity index (χ1v) is 26.9. The maximum Gasteiger partial charge on any atom is 0.305 e. The largest absolute Gasteiger partial charge is 0.508 e. The Morgan fingerprint density at radius 1 is 0.440 bits per heavy atom. The highest BCUT2D eigenvalue weighted by Gasteiger charge is 2.37. The van der Waals surface area contributed by atoms with Crippen LogP contribution in [0, 0.1) is 0 Å². The van der Waals surface area contributed by atoms with Gasteiger partial charge >= 0.3 is 11.9 Å². The first kappa shape index (κ1) is 57.1. The van der Waals surface area contributed by atoms with Crippen molar-refractivity contribution in [2.45, 2.75) is 88.6 Å². The fourth-order valence-corrected chi connectivity index (χ4v) is 10.1. The minimum absolute atomic E-state index is 0.117. The van der Waals surface area contributed by atoms with Gasteiger partial charge in [0, 0.05) is 59.4 Å². The normalized spacial score (nSPS) is 16.1. The number of methoxy groups -OCH3 is 2. The van der Waals surface area contributed by atoms with E-state index >= 15 is 0 Å². The average molecular weight is 1160 g/mol. The zero-order valence-corrected chi connectivity index (χ0v) is 45.3. The highest BCUT2D eigenvalue weighted by molar-refractivity contribution is 5.89. The predicted octanol–water partition coefficient (Wildman–Crippen LogP) is 10.3. The van der Waals surface area contributed by atoms with E-state index in [-0.39, 0.29) is 128 Å². The van der Waals surface area contributed by atoms with Crippen LogP contribution in [0.4, 0.5) is 0 Å². The number of carbonyl (C=O) groups is 2. The molecule has 438 valence electrons. The molecule has 22 nitrogen and oxygen atoms in total. The number of unbranched alkanes of at least 4 members (excludes halogenated alkanes) is 7. The van der Waals surface area contributed by atoms with Gasteiger partial charge in [-0.15, -0.1) is 0 Å². The molecule has 8 N–H and O–H groups in total. The molecule has 0 bridgehead atoms.